The van der Waals surface area contributed by atoms with Gasteiger partial charge < -0.3 is 25.2 Å². The van der Waals surface area contributed by atoms with E-state index < -0.39 is 18.0 Å². The van der Waals surface area contributed by atoms with E-state index in [9.17, 15) is 13.2 Å². The summed E-state index contributed by atoms with van der Waals surface area (Å²) < 4.78 is 59.1. The summed E-state index contributed by atoms with van der Waals surface area (Å²) in [6.45, 7) is 6.15. The summed E-state index contributed by atoms with van der Waals surface area (Å²) in [7, 11) is 0. The van der Waals surface area contributed by atoms with E-state index in [0.29, 0.717) is 35.3 Å². The number of benzene rings is 3. The molecular weight excluding hydrogens is 572 g/mol. The first-order chi connectivity index (χ1) is 20.3. The molecule has 43 heavy (non-hydrogen) atoms. The van der Waals surface area contributed by atoms with Gasteiger partial charge in [-0.05, 0) is 45.0 Å². The van der Waals surface area contributed by atoms with Crippen molar-refractivity contribution in [2.75, 3.05) is 11.5 Å². The molecule has 5 N–H and O–H groups in total. The van der Waals surface area contributed by atoms with Crippen LogP contribution >= 0.6 is 0 Å². The van der Waals surface area contributed by atoms with Gasteiger partial charge in [-0.2, -0.15) is 18.3 Å². The minimum Gasteiger partial charge on any atom is -0.494 e. The molecule has 4 aromatic rings. The van der Waals surface area contributed by atoms with Crippen molar-refractivity contribution in [3.63, 3.8) is 0 Å². The molecular formula is C29H30F4N6O4. The van der Waals surface area contributed by atoms with Gasteiger partial charge in [0.15, 0.2) is 17.4 Å². The molecule has 4 rings (SSSR count). The van der Waals surface area contributed by atoms with Gasteiger partial charge in [-0.3, -0.25) is 10.5 Å². The Morgan fingerprint density at radius 1 is 1.12 bits per heavy atom. The molecule has 3 aromatic carbocycles. The topological polar surface area (TPSA) is 150 Å². The van der Waals surface area contributed by atoms with Crippen molar-refractivity contribution in [1.82, 2.24) is 15.2 Å². The highest BCUT2D eigenvalue weighted by Crippen LogP contribution is 2.38. The monoisotopic (exact) mass is 602 g/mol. The number of nitrogens with zero attached hydrogens (tertiary/aromatic N) is 3. The molecule has 0 amide bonds. The van der Waals surface area contributed by atoms with Gasteiger partial charge in [0, 0.05) is 28.9 Å². The van der Waals surface area contributed by atoms with Gasteiger partial charge in [0.25, 0.3) is 0 Å². The lowest BCUT2D eigenvalue weighted by Crippen LogP contribution is -2.21. The number of halogens is 4. The molecule has 1 heterocycles. The number of carboxylic acids is 1. The average molecular weight is 603 g/mol. The number of aromatic amines is 1. The summed E-state index contributed by atoms with van der Waals surface area (Å²) in [5, 5.41) is 22.1. The number of aliphatic carboxylic acids is 1. The molecule has 0 unspecified atom stereocenters. The molecule has 10 nitrogen and oxygen atoms in total. The minimum atomic E-state index is -5.08. The largest absolute Gasteiger partial charge is 0.494 e. The van der Waals surface area contributed by atoms with Gasteiger partial charge >= 0.3 is 12.1 Å². The van der Waals surface area contributed by atoms with Crippen LogP contribution in [0.1, 0.15) is 32.2 Å². The number of anilines is 2. The average Bonchev–Trinajstić information content (AvgIpc) is 3.42. The lowest BCUT2D eigenvalue weighted by atomic mass is 10.1. The SMILES string of the molecule is CCOc1cc(OC(C)C)c(F)c(N(Cc2nc(-c3ccccc3)n[nH]2)c2ccc(C(=N)N)cc2)c1.O=C(O)C(F)(F)F. The first-order valence-electron chi connectivity index (χ1n) is 12.9. The molecule has 0 radical (unpaired) electrons. The molecule has 1 aromatic heterocycles. The standard InChI is InChI=1S/C27H29FN6O2.C2HF3O2/c1-4-35-21-14-22(25(28)23(15-21)36-17(2)3)34(20-12-10-18(11-13-20)26(29)30)16-24-31-27(33-32-24)19-8-6-5-7-9-19;3-2(4,5)1(6)7/h5-15,17H,4,16H2,1-3H3,(H3,29,30)(H,31,32,33);(H,6,7). The lowest BCUT2D eigenvalue weighted by molar-refractivity contribution is -0.192. The van der Waals surface area contributed by atoms with Crippen LogP contribution in [0.2, 0.25) is 0 Å². The van der Waals surface area contributed by atoms with Gasteiger partial charge in [-0.1, -0.05) is 30.3 Å². The van der Waals surface area contributed by atoms with E-state index in [4.69, 9.17) is 30.5 Å². The summed E-state index contributed by atoms with van der Waals surface area (Å²) in [6.07, 6.45) is -5.31. The summed E-state index contributed by atoms with van der Waals surface area (Å²) in [5.74, 6) is -1.66. The second kappa shape index (κ2) is 14.2. The van der Waals surface area contributed by atoms with E-state index in [1.54, 1.807) is 41.3 Å². The Bertz CT molecular complexity index is 1530. The van der Waals surface area contributed by atoms with Gasteiger partial charge in [0.05, 0.1) is 24.9 Å². The number of hydrogen-bond acceptors (Lipinski definition) is 7. The fraction of sp³-hybridized carbons (Fsp3) is 0.241. The minimum absolute atomic E-state index is 0.0482. The van der Waals surface area contributed by atoms with E-state index in [2.05, 4.69) is 15.2 Å². The van der Waals surface area contributed by atoms with Gasteiger partial charge in [0.1, 0.15) is 17.4 Å². The van der Waals surface area contributed by atoms with Crippen molar-refractivity contribution in [2.24, 2.45) is 5.73 Å². The first-order valence-corrected chi connectivity index (χ1v) is 12.9. The first kappa shape index (κ1) is 32.4. The summed E-state index contributed by atoms with van der Waals surface area (Å²) in [5.41, 5.74) is 7.99. The summed E-state index contributed by atoms with van der Waals surface area (Å²) >= 11 is 0. The van der Waals surface area contributed by atoms with Crippen LogP contribution in [0.4, 0.5) is 28.9 Å². The Morgan fingerprint density at radius 2 is 1.74 bits per heavy atom. The predicted octanol–water partition coefficient (Wildman–Crippen LogP) is 6.05. The second-order valence-electron chi connectivity index (χ2n) is 9.18. The maximum absolute atomic E-state index is 15.8. The second-order valence-corrected chi connectivity index (χ2v) is 9.18. The number of nitrogens with two attached hydrogens (primary N) is 1. The Kier molecular flexibility index (Phi) is 10.7. The summed E-state index contributed by atoms with van der Waals surface area (Å²) in [6, 6.07) is 19.8. The quantitative estimate of drug-likeness (QED) is 0.0973. The van der Waals surface area contributed by atoms with Crippen LogP contribution in [0.15, 0.2) is 66.7 Å². The van der Waals surface area contributed by atoms with Gasteiger partial charge in [-0.25, -0.2) is 14.2 Å². The van der Waals surface area contributed by atoms with Gasteiger partial charge in [0.2, 0.25) is 0 Å². The fourth-order valence-corrected chi connectivity index (χ4v) is 3.71. The van der Waals surface area contributed by atoms with Crippen LogP contribution in [-0.2, 0) is 11.3 Å². The Balaban J connectivity index is 0.000000646. The third-order valence-corrected chi connectivity index (χ3v) is 5.56. The smallest absolute Gasteiger partial charge is 0.490 e. The highest BCUT2D eigenvalue weighted by molar-refractivity contribution is 5.95. The van der Waals surface area contributed by atoms with Crippen molar-refractivity contribution in [3.05, 3.63) is 83.9 Å². The van der Waals surface area contributed by atoms with Crippen molar-refractivity contribution in [3.8, 4) is 22.9 Å². The molecule has 0 bridgehead atoms. The van der Waals surface area contributed by atoms with Crippen LogP contribution in [-0.4, -0.2) is 51.0 Å². The van der Waals surface area contributed by atoms with Crippen molar-refractivity contribution in [2.45, 2.75) is 39.6 Å². The number of aromatic nitrogens is 3. The van der Waals surface area contributed by atoms with E-state index in [-0.39, 0.29) is 29.9 Å². The molecule has 0 aliphatic carbocycles. The van der Waals surface area contributed by atoms with Crippen LogP contribution in [0.3, 0.4) is 0 Å². The molecule has 228 valence electrons. The number of rotatable bonds is 10. The number of amidine groups is 1. The Labute approximate surface area is 244 Å². The predicted molar refractivity (Wildman–Crippen MR) is 152 cm³/mol. The summed E-state index contributed by atoms with van der Waals surface area (Å²) in [4.78, 5) is 15.3. The molecule has 14 heteroatoms. The number of nitrogen functional groups attached to an aromatic ring is 1. The molecule has 0 saturated carbocycles. The third kappa shape index (κ3) is 8.92. The number of hydrogen-bond donors (Lipinski definition) is 4. The molecule has 0 fully saturated rings. The fourth-order valence-electron chi connectivity index (χ4n) is 3.71. The molecule has 0 atom stereocenters. The molecule has 0 aliphatic rings. The van der Waals surface area contributed by atoms with Crippen LogP contribution in [0.25, 0.3) is 11.4 Å². The number of ether oxygens (including phenoxy) is 2. The van der Waals surface area contributed by atoms with Crippen LogP contribution < -0.4 is 20.1 Å². The zero-order valence-electron chi connectivity index (χ0n) is 23.4. The number of nitrogens with one attached hydrogen (secondary N) is 2. The van der Waals surface area contributed by atoms with Crippen LogP contribution in [0.5, 0.6) is 11.5 Å². The zero-order chi connectivity index (χ0) is 31.7. The van der Waals surface area contributed by atoms with Crippen molar-refractivity contribution in [1.29, 1.82) is 5.41 Å². The zero-order valence-corrected chi connectivity index (χ0v) is 23.4. The highest BCUT2D eigenvalue weighted by atomic mass is 19.4. The van der Waals surface area contributed by atoms with Gasteiger partial charge in [-0.15, -0.1) is 0 Å². The van der Waals surface area contributed by atoms with E-state index in [0.717, 1.165) is 5.56 Å². The van der Waals surface area contributed by atoms with Crippen molar-refractivity contribution >= 4 is 23.2 Å². The van der Waals surface area contributed by atoms with E-state index >= 15 is 4.39 Å². The molecule has 0 spiro atoms. The number of H-pyrrole nitrogens is 1. The maximum atomic E-state index is 15.8. The number of carbonyl (C=O) groups is 1. The van der Waals surface area contributed by atoms with E-state index in [1.807, 2.05) is 51.1 Å². The molecule has 0 aliphatic heterocycles. The Hall–Kier alpha value is -5.14. The van der Waals surface area contributed by atoms with Crippen molar-refractivity contribution < 1.29 is 36.9 Å². The lowest BCUT2D eigenvalue weighted by Gasteiger charge is -2.26. The maximum Gasteiger partial charge on any atom is 0.490 e. The third-order valence-electron chi connectivity index (χ3n) is 5.56. The number of carboxylic acid groups (broad SMARTS) is 1. The molecule has 0 saturated heterocycles. The normalized spacial score (nSPS) is 11.0. The Morgan fingerprint density at radius 3 is 2.28 bits per heavy atom. The number of alkyl halides is 3. The highest BCUT2D eigenvalue weighted by Gasteiger charge is 2.38. The van der Waals surface area contributed by atoms with Crippen LogP contribution in [0, 0.1) is 11.2 Å². The van der Waals surface area contributed by atoms with E-state index in [1.165, 1.54) is 0 Å².